The molecule has 1 aromatic carbocycles. The zero-order valence-corrected chi connectivity index (χ0v) is 11.4. The monoisotopic (exact) mass is 284 g/mol. The largest absolute Gasteiger partial charge is 0.481 e. The quantitative estimate of drug-likeness (QED) is 0.614. The molecule has 7 heteroatoms. The van der Waals surface area contributed by atoms with Crippen LogP contribution in [0.5, 0.6) is 0 Å². The Bertz CT molecular complexity index is 505. The van der Waals surface area contributed by atoms with Crippen LogP contribution in [-0.4, -0.2) is 28.6 Å². The van der Waals surface area contributed by atoms with E-state index in [9.17, 15) is 19.3 Å². The molecular formula is C13H17FN2O4. The third-order valence-electron chi connectivity index (χ3n) is 2.86. The summed E-state index contributed by atoms with van der Waals surface area (Å²) in [6.07, 6.45) is 0.299. The third-order valence-corrected chi connectivity index (χ3v) is 2.86. The molecule has 1 rings (SSSR count). The number of carboxylic acid groups (broad SMARTS) is 1. The summed E-state index contributed by atoms with van der Waals surface area (Å²) in [6.45, 7) is 3.94. The lowest BCUT2D eigenvalue weighted by Crippen LogP contribution is -2.32. The van der Waals surface area contributed by atoms with Crippen LogP contribution in [0.2, 0.25) is 0 Å². The molecule has 0 unspecified atom stereocenters. The van der Waals surface area contributed by atoms with Crippen molar-refractivity contribution in [3.8, 4) is 0 Å². The number of rotatable bonds is 7. The predicted octanol–water partition coefficient (Wildman–Crippen LogP) is 2.81. The minimum Gasteiger partial charge on any atom is -0.481 e. The average molecular weight is 284 g/mol. The van der Waals surface area contributed by atoms with Crippen molar-refractivity contribution in [2.45, 2.75) is 32.7 Å². The van der Waals surface area contributed by atoms with Gasteiger partial charge >= 0.3 is 5.97 Å². The number of nitrogens with zero attached hydrogens (tertiary/aromatic N) is 2. The van der Waals surface area contributed by atoms with Crippen LogP contribution in [0.25, 0.3) is 0 Å². The highest BCUT2D eigenvalue weighted by molar-refractivity contribution is 5.67. The molecule has 1 N–H and O–H groups in total. The molecule has 1 aromatic rings. The minimum absolute atomic E-state index is 0.0354. The number of hydrogen-bond acceptors (Lipinski definition) is 4. The van der Waals surface area contributed by atoms with Gasteiger partial charge < -0.3 is 10.0 Å². The highest BCUT2D eigenvalue weighted by atomic mass is 19.1. The summed E-state index contributed by atoms with van der Waals surface area (Å²) in [6, 6.07) is 3.16. The maximum Gasteiger partial charge on any atom is 0.303 e. The van der Waals surface area contributed by atoms with Gasteiger partial charge in [-0.05, 0) is 26.3 Å². The Morgan fingerprint density at radius 2 is 2.15 bits per heavy atom. The van der Waals surface area contributed by atoms with Crippen molar-refractivity contribution in [1.82, 2.24) is 0 Å². The summed E-state index contributed by atoms with van der Waals surface area (Å²) in [7, 11) is 0. The maximum atomic E-state index is 13.3. The van der Waals surface area contributed by atoms with Crippen LogP contribution in [-0.2, 0) is 4.79 Å². The van der Waals surface area contributed by atoms with Crippen molar-refractivity contribution in [3.63, 3.8) is 0 Å². The molecule has 0 heterocycles. The third kappa shape index (κ3) is 4.18. The molecular weight excluding hydrogens is 267 g/mol. The fraction of sp³-hybridized carbons (Fsp3) is 0.462. The van der Waals surface area contributed by atoms with Crippen molar-refractivity contribution in [3.05, 3.63) is 34.1 Å². The van der Waals surface area contributed by atoms with Gasteiger partial charge in [-0.2, -0.15) is 0 Å². The highest BCUT2D eigenvalue weighted by Gasteiger charge is 2.22. The summed E-state index contributed by atoms with van der Waals surface area (Å²) in [5, 5.41) is 19.6. The fourth-order valence-electron chi connectivity index (χ4n) is 1.94. The number of carboxylic acids is 1. The van der Waals surface area contributed by atoms with Crippen molar-refractivity contribution in [1.29, 1.82) is 0 Å². The van der Waals surface area contributed by atoms with Gasteiger partial charge in [0.1, 0.15) is 11.5 Å². The zero-order chi connectivity index (χ0) is 15.3. The van der Waals surface area contributed by atoms with Crippen LogP contribution in [0.15, 0.2) is 18.2 Å². The van der Waals surface area contributed by atoms with E-state index in [0.29, 0.717) is 13.0 Å². The van der Waals surface area contributed by atoms with Crippen molar-refractivity contribution < 1.29 is 19.2 Å². The molecule has 0 saturated heterocycles. The summed E-state index contributed by atoms with van der Waals surface area (Å²) in [4.78, 5) is 22.6. The lowest BCUT2D eigenvalue weighted by Gasteiger charge is -2.28. The Hall–Kier alpha value is -2.18. The van der Waals surface area contributed by atoms with Crippen LogP contribution >= 0.6 is 0 Å². The lowest BCUT2D eigenvalue weighted by molar-refractivity contribution is -0.384. The molecule has 0 radical (unpaired) electrons. The van der Waals surface area contributed by atoms with E-state index in [-0.39, 0.29) is 23.8 Å². The van der Waals surface area contributed by atoms with Gasteiger partial charge in [0.15, 0.2) is 0 Å². The molecule has 6 nitrogen and oxygen atoms in total. The normalized spacial score (nSPS) is 10.6. The number of halogens is 1. The first-order chi connectivity index (χ1) is 9.32. The number of aliphatic carboxylic acids is 1. The highest BCUT2D eigenvalue weighted by Crippen LogP contribution is 2.30. The van der Waals surface area contributed by atoms with Gasteiger partial charge in [0.05, 0.1) is 4.92 Å². The molecule has 0 bridgehead atoms. The van der Waals surface area contributed by atoms with Crippen molar-refractivity contribution >= 4 is 17.3 Å². The molecule has 0 fully saturated rings. The second-order valence-corrected chi connectivity index (χ2v) is 4.67. The summed E-state index contributed by atoms with van der Waals surface area (Å²) < 4.78 is 13.3. The SMILES string of the molecule is CC(C)N(CCCC(=O)O)c1cc(F)ccc1[N+](=O)[O-]. The second-order valence-electron chi connectivity index (χ2n) is 4.67. The topological polar surface area (TPSA) is 83.7 Å². The molecule has 0 aromatic heterocycles. The number of benzene rings is 1. The van der Waals surface area contributed by atoms with E-state index in [2.05, 4.69) is 0 Å². The first-order valence-corrected chi connectivity index (χ1v) is 6.25. The van der Waals surface area contributed by atoms with Gasteiger partial charge in [0, 0.05) is 31.1 Å². The zero-order valence-electron chi connectivity index (χ0n) is 11.4. The molecule has 0 aliphatic heterocycles. The first-order valence-electron chi connectivity index (χ1n) is 6.25. The van der Waals surface area contributed by atoms with E-state index >= 15 is 0 Å². The van der Waals surface area contributed by atoms with E-state index in [4.69, 9.17) is 5.11 Å². The van der Waals surface area contributed by atoms with Gasteiger partial charge in [-0.25, -0.2) is 4.39 Å². The summed E-state index contributed by atoms with van der Waals surface area (Å²) in [5.74, 6) is -1.49. The van der Waals surface area contributed by atoms with Crippen LogP contribution in [0.3, 0.4) is 0 Å². The van der Waals surface area contributed by atoms with Gasteiger partial charge in [0.25, 0.3) is 5.69 Å². The Morgan fingerprint density at radius 3 is 2.65 bits per heavy atom. The molecule has 0 amide bonds. The number of nitro groups is 1. The Kier molecular flexibility index (Phi) is 5.42. The number of anilines is 1. The van der Waals surface area contributed by atoms with Gasteiger partial charge in [-0.3, -0.25) is 14.9 Å². The van der Waals surface area contributed by atoms with E-state index in [0.717, 1.165) is 18.2 Å². The molecule has 0 aliphatic rings. The minimum atomic E-state index is -0.928. The van der Waals surface area contributed by atoms with E-state index in [1.54, 1.807) is 4.90 Å². The molecule has 0 aliphatic carbocycles. The lowest BCUT2D eigenvalue weighted by atomic mass is 10.1. The summed E-state index contributed by atoms with van der Waals surface area (Å²) >= 11 is 0. The Balaban J connectivity index is 3.04. The molecule has 0 atom stereocenters. The molecule has 20 heavy (non-hydrogen) atoms. The standard InChI is InChI=1S/C13H17FN2O4/c1-9(2)15(7-3-4-13(17)18)12-8-10(14)5-6-11(12)16(19)20/h5-6,8-9H,3-4,7H2,1-2H3,(H,17,18). The number of carbonyl (C=O) groups is 1. The number of hydrogen-bond donors (Lipinski definition) is 1. The van der Waals surface area contributed by atoms with Gasteiger partial charge in [-0.1, -0.05) is 0 Å². The number of nitro benzene ring substituents is 1. The molecule has 0 saturated carbocycles. The Labute approximate surface area is 116 Å². The van der Waals surface area contributed by atoms with Crippen molar-refractivity contribution in [2.24, 2.45) is 0 Å². The second kappa shape index (κ2) is 6.83. The smallest absolute Gasteiger partial charge is 0.303 e. The summed E-state index contributed by atoms with van der Waals surface area (Å²) in [5.41, 5.74) is -0.00851. The fourth-order valence-corrected chi connectivity index (χ4v) is 1.94. The molecule has 110 valence electrons. The van der Waals surface area contributed by atoms with Crippen molar-refractivity contribution in [2.75, 3.05) is 11.4 Å². The van der Waals surface area contributed by atoms with Gasteiger partial charge in [-0.15, -0.1) is 0 Å². The van der Waals surface area contributed by atoms with Crippen LogP contribution < -0.4 is 4.90 Å². The van der Waals surface area contributed by atoms with E-state index in [1.165, 1.54) is 0 Å². The van der Waals surface area contributed by atoms with E-state index < -0.39 is 16.7 Å². The van der Waals surface area contributed by atoms with Crippen LogP contribution in [0, 0.1) is 15.9 Å². The predicted molar refractivity (Wildman–Crippen MR) is 72.4 cm³/mol. The Morgan fingerprint density at radius 1 is 1.50 bits per heavy atom. The van der Waals surface area contributed by atoms with E-state index in [1.807, 2.05) is 13.8 Å². The van der Waals surface area contributed by atoms with Gasteiger partial charge in [0.2, 0.25) is 0 Å². The average Bonchev–Trinajstić information content (AvgIpc) is 2.33. The van der Waals surface area contributed by atoms with Crippen LogP contribution in [0.1, 0.15) is 26.7 Å². The maximum absolute atomic E-state index is 13.3. The van der Waals surface area contributed by atoms with Crippen LogP contribution in [0.4, 0.5) is 15.8 Å². The molecule has 0 spiro atoms. The first kappa shape index (κ1) is 15.9.